The molecule has 0 unspecified atom stereocenters. The molecule has 0 radical (unpaired) electrons. The minimum atomic E-state index is -0.510. The molecule has 0 aliphatic carbocycles. The Morgan fingerprint density at radius 2 is 2.21 bits per heavy atom. The van der Waals surface area contributed by atoms with Gasteiger partial charge >= 0.3 is 0 Å². The Kier molecular flexibility index (Phi) is 4.52. The number of nitrogens with two attached hydrogens (primary N) is 1. The second kappa shape index (κ2) is 6.75. The van der Waals surface area contributed by atoms with Crippen LogP contribution in [0.4, 0.5) is 10.1 Å². The highest BCUT2D eigenvalue weighted by Gasteiger charge is 2.21. The fourth-order valence-electron chi connectivity index (χ4n) is 1.95. The van der Waals surface area contributed by atoms with Gasteiger partial charge < -0.3 is 15.6 Å². The van der Waals surface area contributed by atoms with Gasteiger partial charge in [-0.3, -0.25) is 4.79 Å². The summed E-state index contributed by atoms with van der Waals surface area (Å²) in [6.07, 6.45) is 1.51. The molecular formula is C15H14FN5O2S. The van der Waals surface area contributed by atoms with Crippen LogP contribution in [0.3, 0.4) is 0 Å². The Balaban J connectivity index is 1.68. The first kappa shape index (κ1) is 16.1. The molecule has 124 valence electrons. The number of halogens is 1. The second-order valence-electron chi connectivity index (χ2n) is 4.91. The number of benzene rings is 1. The molecule has 0 saturated carbocycles. The number of hydrogen-bond donors (Lipinski definition) is 2. The lowest BCUT2D eigenvalue weighted by molar-refractivity contribution is -0.115. The third-order valence-electron chi connectivity index (χ3n) is 3.15. The summed E-state index contributed by atoms with van der Waals surface area (Å²) in [5.74, 6) is 6.07. The average molecular weight is 347 g/mol. The molecule has 7 nitrogen and oxygen atoms in total. The maximum absolute atomic E-state index is 13.2. The quantitative estimate of drug-likeness (QED) is 0.543. The van der Waals surface area contributed by atoms with Gasteiger partial charge in [0.25, 0.3) is 0 Å². The summed E-state index contributed by atoms with van der Waals surface area (Å²) in [4.78, 5) is 12.2. The average Bonchev–Trinajstić information content (AvgIpc) is 3.18. The lowest BCUT2D eigenvalue weighted by Crippen LogP contribution is -2.23. The van der Waals surface area contributed by atoms with Crippen LogP contribution in [0.1, 0.15) is 6.92 Å². The number of thioether (sulfide) groups is 1. The standard InChI is InChI=1S/C15H14FN5O2S/c1-9(14(22)18-11-5-2-4-10(16)8-11)24-15-20-19-13(21(15)17)12-6-3-7-23-12/h2-9H,17H2,1H3,(H,18,22)/t9-/m0/s1. The predicted molar refractivity (Wildman–Crippen MR) is 88.2 cm³/mol. The molecule has 0 fully saturated rings. The van der Waals surface area contributed by atoms with Gasteiger partial charge in [-0.25, -0.2) is 9.07 Å². The van der Waals surface area contributed by atoms with Crippen molar-refractivity contribution in [1.29, 1.82) is 0 Å². The van der Waals surface area contributed by atoms with E-state index in [0.29, 0.717) is 22.4 Å². The van der Waals surface area contributed by atoms with Crippen LogP contribution in [-0.2, 0) is 4.79 Å². The summed E-state index contributed by atoms with van der Waals surface area (Å²) in [6.45, 7) is 1.69. The van der Waals surface area contributed by atoms with Crippen molar-refractivity contribution in [1.82, 2.24) is 14.9 Å². The first-order chi connectivity index (χ1) is 11.5. The molecule has 0 spiro atoms. The van der Waals surface area contributed by atoms with Crippen molar-refractivity contribution in [2.75, 3.05) is 11.2 Å². The van der Waals surface area contributed by atoms with E-state index in [2.05, 4.69) is 15.5 Å². The van der Waals surface area contributed by atoms with E-state index in [-0.39, 0.29) is 5.91 Å². The molecule has 2 heterocycles. The molecule has 1 aromatic carbocycles. The van der Waals surface area contributed by atoms with E-state index in [1.807, 2.05) is 0 Å². The third kappa shape index (κ3) is 3.40. The Morgan fingerprint density at radius 1 is 1.38 bits per heavy atom. The molecular weight excluding hydrogens is 333 g/mol. The summed E-state index contributed by atoms with van der Waals surface area (Å²) < 4.78 is 19.6. The predicted octanol–water partition coefficient (Wildman–Crippen LogP) is 2.51. The number of aromatic nitrogens is 3. The first-order valence-electron chi connectivity index (χ1n) is 7.02. The Labute approximate surface area is 141 Å². The molecule has 3 N–H and O–H groups in total. The largest absolute Gasteiger partial charge is 0.461 e. The van der Waals surface area contributed by atoms with Crippen molar-refractivity contribution >= 4 is 23.4 Å². The Morgan fingerprint density at radius 3 is 2.92 bits per heavy atom. The smallest absolute Gasteiger partial charge is 0.237 e. The Hall–Kier alpha value is -2.81. The zero-order chi connectivity index (χ0) is 17.1. The number of hydrogen-bond acceptors (Lipinski definition) is 6. The maximum Gasteiger partial charge on any atom is 0.237 e. The number of furan rings is 1. The van der Waals surface area contributed by atoms with Gasteiger partial charge in [0.05, 0.1) is 11.5 Å². The van der Waals surface area contributed by atoms with Crippen molar-refractivity contribution in [3.8, 4) is 11.6 Å². The van der Waals surface area contributed by atoms with Gasteiger partial charge in [-0.05, 0) is 37.3 Å². The molecule has 0 aliphatic heterocycles. The van der Waals surface area contributed by atoms with Crippen LogP contribution in [0.15, 0.2) is 52.2 Å². The van der Waals surface area contributed by atoms with Crippen LogP contribution in [0.2, 0.25) is 0 Å². The summed E-state index contributed by atoms with van der Waals surface area (Å²) in [7, 11) is 0. The third-order valence-corrected chi connectivity index (χ3v) is 4.21. The van der Waals surface area contributed by atoms with Crippen molar-refractivity contribution in [2.45, 2.75) is 17.3 Å². The van der Waals surface area contributed by atoms with E-state index in [9.17, 15) is 9.18 Å². The van der Waals surface area contributed by atoms with E-state index < -0.39 is 11.1 Å². The van der Waals surface area contributed by atoms with E-state index in [1.54, 1.807) is 25.1 Å². The topological polar surface area (TPSA) is 99.0 Å². The summed E-state index contributed by atoms with van der Waals surface area (Å²) in [6, 6.07) is 9.11. The van der Waals surface area contributed by atoms with Crippen LogP contribution >= 0.6 is 11.8 Å². The molecule has 1 atom stereocenters. The number of anilines is 1. The highest BCUT2D eigenvalue weighted by molar-refractivity contribution is 8.00. The molecule has 24 heavy (non-hydrogen) atoms. The number of carbonyl (C=O) groups excluding carboxylic acids is 1. The highest BCUT2D eigenvalue weighted by atomic mass is 32.2. The minimum absolute atomic E-state index is 0.298. The first-order valence-corrected chi connectivity index (χ1v) is 7.90. The zero-order valence-electron chi connectivity index (χ0n) is 12.6. The van der Waals surface area contributed by atoms with Gasteiger partial charge in [0.2, 0.25) is 16.9 Å². The minimum Gasteiger partial charge on any atom is -0.461 e. The van der Waals surface area contributed by atoms with Crippen LogP contribution < -0.4 is 11.2 Å². The fourth-order valence-corrected chi connectivity index (χ4v) is 2.72. The molecule has 3 rings (SSSR count). The number of rotatable bonds is 5. The number of carbonyl (C=O) groups is 1. The summed E-state index contributed by atoms with van der Waals surface area (Å²) in [5.41, 5.74) is 0.387. The number of nitrogens with one attached hydrogen (secondary N) is 1. The summed E-state index contributed by atoms with van der Waals surface area (Å²) in [5, 5.41) is 10.4. The lowest BCUT2D eigenvalue weighted by Gasteiger charge is -2.11. The number of nitrogens with zero attached hydrogens (tertiary/aromatic N) is 3. The molecule has 0 saturated heterocycles. The zero-order valence-corrected chi connectivity index (χ0v) is 13.5. The second-order valence-corrected chi connectivity index (χ2v) is 6.22. The van der Waals surface area contributed by atoms with Crippen LogP contribution in [0.25, 0.3) is 11.6 Å². The maximum atomic E-state index is 13.2. The van der Waals surface area contributed by atoms with Crippen LogP contribution in [-0.4, -0.2) is 26.0 Å². The van der Waals surface area contributed by atoms with E-state index in [0.717, 1.165) is 11.8 Å². The summed E-state index contributed by atoms with van der Waals surface area (Å²) >= 11 is 1.14. The molecule has 0 aliphatic rings. The number of nitrogen functional groups attached to an aromatic ring is 1. The normalized spacial score (nSPS) is 12.1. The van der Waals surface area contributed by atoms with Gasteiger partial charge in [-0.15, -0.1) is 10.2 Å². The van der Waals surface area contributed by atoms with Gasteiger partial charge in [-0.2, -0.15) is 0 Å². The van der Waals surface area contributed by atoms with Gasteiger partial charge in [0.15, 0.2) is 5.76 Å². The van der Waals surface area contributed by atoms with E-state index in [4.69, 9.17) is 10.3 Å². The van der Waals surface area contributed by atoms with Crippen LogP contribution in [0, 0.1) is 5.82 Å². The van der Waals surface area contributed by atoms with Crippen LogP contribution in [0.5, 0.6) is 0 Å². The van der Waals surface area contributed by atoms with Crippen molar-refractivity contribution in [3.05, 3.63) is 48.5 Å². The van der Waals surface area contributed by atoms with Gasteiger partial charge in [0.1, 0.15) is 5.82 Å². The molecule has 2 aromatic heterocycles. The monoisotopic (exact) mass is 347 g/mol. The van der Waals surface area contributed by atoms with Crippen molar-refractivity contribution in [3.63, 3.8) is 0 Å². The lowest BCUT2D eigenvalue weighted by atomic mass is 10.3. The van der Waals surface area contributed by atoms with Gasteiger partial charge in [0, 0.05) is 5.69 Å². The fraction of sp³-hybridized carbons (Fsp3) is 0.133. The number of amides is 1. The Bertz CT molecular complexity index is 849. The molecule has 9 heteroatoms. The molecule has 1 amide bonds. The van der Waals surface area contributed by atoms with Crippen molar-refractivity contribution in [2.24, 2.45) is 0 Å². The SMILES string of the molecule is C[C@H](Sc1nnc(-c2ccco2)n1N)C(=O)Nc1cccc(F)c1. The molecule has 3 aromatic rings. The van der Waals surface area contributed by atoms with E-state index >= 15 is 0 Å². The van der Waals surface area contributed by atoms with Crippen molar-refractivity contribution < 1.29 is 13.6 Å². The van der Waals surface area contributed by atoms with E-state index in [1.165, 1.54) is 29.1 Å². The van der Waals surface area contributed by atoms with Gasteiger partial charge in [-0.1, -0.05) is 17.8 Å². The highest BCUT2D eigenvalue weighted by Crippen LogP contribution is 2.25. The molecule has 0 bridgehead atoms.